The number of H-pyrrole nitrogens is 1. The van der Waals surface area contributed by atoms with Crippen molar-refractivity contribution in [1.82, 2.24) is 4.98 Å². The fourth-order valence-electron chi connectivity index (χ4n) is 1.78. The summed E-state index contributed by atoms with van der Waals surface area (Å²) in [6, 6.07) is 7.91. The molecule has 1 atom stereocenters. The van der Waals surface area contributed by atoms with Gasteiger partial charge in [-0.05, 0) is 35.9 Å². The Kier molecular flexibility index (Phi) is 4.93. The number of carbonyl (C=O) groups excluding carboxylic acids is 1. The second-order valence-electron chi connectivity index (χ2n) is 4.39. The highest BCUT2D eigenvalue weighted by Crippen LogP contribution is 2.22. The fraction of sp³-hybridized carbons (Fsp3) is 0.143. The number of amides is 1. The summed E-state index contributed by atoms with van der Waals surface area (Å²) >= 11 is 6.02. The molecule has 0 saturated carbocycles. The molecule has 0 aliphatic rings. The number of rotatable bonds is 4. The van der Waals surface area contributed by atoms with Crippen LogP contribution < -0.4 is 10.9 Å². The fourth-order valence-corrected chi connectivity index (χ4v) is 2.72. The van der Waals surface area contributed by atoms with E-state index in [2.05, 4.69) is 10.3 Å². The number of nitrogens with one attached hydrogen (secondary N) is 2. The van der Waals surface area contributed by atoms with Crippen molar-refractivity contribution >= 4 is 34.0 Å². The molecule has 0 saturated heterocycles. The van der Waals surface area contributed by atoms with Gasteiger partial charge < -0.3 is 10.3 Å². The smallest absolute Gasteiger partial charge is 0.261 e. The molecule has 0 aliphatic carbocycles. The van der Waals surface area contributed by atoms with Crippen LogP contribution in [0.1, 0.15) is 15.9 Å². The average molecular weight is 325 g/mol. The average Bonchev–Trinajstić information content (AvgIpc) is 2.42. The molecule has 110 valence electrons. The van der Waals surface area contributed by atoms with Gasteiger partial charge in [0.15, 0.2) is 0 Å². The lowest BCUT2D eigenvalue weighted by Crippen LogP contribution is -2.22. The van der Waals surface area contributed by atoms with E-state index in [9.17, 15) is 13.8 Å². The summed E-state index contributed by atoms with van der Waals surface area (Å²) in [7, 11) is -1.04. The number of aromatic amines is 1. The van der Waals surface area contributed by atoms with Crippen LogP contribution in [0.15, 0.2) is 41.3 Å². The molecule has 2 rings (SSSR count). The number of pyridine rings is 1. The van der Waals surface area contributed by atoms with Gasteiger partial charge in [0.25, 0.3) is 11.5 Å². The van der Waals surface area contributed by atoms with Crippen molar-refractivity contribution in [2.45, 2.75) is 5.75 Å². The number of halogens is 1. The van der Waals surface area contributed by atoms with Crippen LogP contribution in [0.5, 0.6) is 0 Å². The van der Waals surface area contributed by atoms with E-state index in [0.29, 0.717) is 22.0 Å². The van der Waals surface area contributed by atoms with E-state index in [1.165, 1.54) is 12.3 Å². The SMILES string of the molecule is C[S@@](=O)Cc1cc(NC(=O)c2ccc[nH]c2=O)ccc1Cl. The first-order valence-corrected chi connectivity index (χ1v) is 8.15. The predicted molar refractivity (Wildman–Crippen MR) is 84.2 cm³/mol. The van der Waals surface area contributed by atoms with Crippen LogP contribution in [0, 0.1) is 0 Å². The molecule has 1 aromatic heterocycles. The van der Waals surface area contributed by atoms with Gasteiger partial charge in [-0.25, -0.2) is 0 Å². The van der Waals surface area contributed by atoms with E-state index < -0.39 is 22.3 Å². The molecule has 21 heavy (non-hydrogen) atoms. The number of carbonyl (C=O) groups is 1. The van der Waals surface area contributed by atoms with E-state index in [4.69, 9.17) is 11.6 Å². The number of hydrogen-bond donors (Lipinski definition) is 2. The van der Waals surface area contributed by atoms with Crippen molar-refractivity contribution < 1.29 is 9.00 Å². The molecule has 1 amide bonds. The minimum atomic E-state index is -1.04. The van der Waals surface area contributed by atoms with Gasteiger partial charge in [0, 0.05) is 39.7 Å². The normalized spacial score (nSPS) is 11.9. The molecule has 2 N–H and O–H groups in total. The zero-order valence-corrected chi connectivity index (χ0v) is 12.8. The Morgan fingerprint density at radius 2 is 2.14 bits per heavy atom. The van der Waals surface area contributed by atoms with Crippen LogP contribution in [0.2, 0.25) is 5.02 Å². The molecule has 1 heterocycles. The van der Waals surface area contributed by atoms with Crippen molar-refractivity contribution in [2.24, 2.45) is 0 Å². The summed E-state index contributed by atoms with van der Waals surface area (Å²) in [4.78, 5) is 26.0. The lowest BCUT2D eigenvalue weighted by atomic mass is 10.2. The molecule has 7 heteroatoms. The summed E-state index contributed by atoms with van der Waals surface area (Å²) in [6.07, 6.45) is 3.03. The number of benzene rings is 1. The highest BCUT2D eigenvalue weighted by molar-refractivity contribution is 7.83. The third-order valence-electron chi connectivity index (χ3n) is 2.73. The van der Waals surface area contributed by atoms with E-state index in [-0.39, 0.29) is 5.56 Å². The maximum absolute atomic E-state index is 12.0. The summed E-state index contributed by atoms with van der Waals surface area (Å²) < 4.78 is 11.3. The highest BCUT2D eigenvalue weighted by atomic mass is 35.5. The zero-order chi connectivity index (χ0) is 15.4. The van der Waals surface area contributed by atoms with Gasteiger partial charge in [-0.1, -0.05) is 11.6 Å². The molecule has 0 unspecified atom stereocenters. The van der Waals surface area contributed by atoms with Crippen LogP contribution >= 0.6 is 11.6 Å². The molecule has 0 radical (unpaired) electrons. The van der Waals surface area contributed by atoms with Crippen LogP contribution in [0.3, 0.4) is 0 Å². The van der Waals surface area contributed by atoms with Crippen molar-refractivity contribution in [1.29, 1.82) is 0 Å². The Morgan fingerprint density at radius 1 is 1.38 bits per heavy atom. The standard InChI is InChI=1S/C14H13ClN2O3S/c1-21(20)8-9-7-10(4-5-12(9)15)17-14(19)11-3-2-6-16-13(11)18/h2-7H,8H2,1H3,(H,16,18)(H,17,19)/t21-/m1/s1. The second-order valence-corrected chi connectivity index (χ2v) is 6.23. The van der Waals surface area contributed by atoms with Gasteiger partial charge >= 0.3 is 0 Å². The van der Waals surface area contributed by atoms with Crippen LogP contribution in [0.4, 0.5) is 5.69 Å². The first-order valence-electron chi connectivity index (χ1n) is 6.05. The van der Waals surface area contributed by atoms with Crippen LogP contribution in [-0.4, -0.2) is 21.4 Å². The van der Waals surface area contributed by atoms with Gasteiger partial charge in [-0.15, -0.1) is 0 Å². The minimum Gasteiger partial charge on any atom is -0.328 e. The van der Waals surface area contributed by atoms with Crippen molar-refractivity contribution in [3.8, 4) is 0 Å². The summed E-state index contributed by atoms with van der Waals surface area (Å²) in [6.45, 7) is 0. The first kappa shape index (κ1) is 15.5. The van der Waals surface area contributed by atoms with Gasteiger partial charge in [0.1, 0.15) is 5.56 Å². The molecule has 2 aromatic rings. The Morgan fingerprint density at radius 3 is 2.81 bits per heavy atom. The topological polar surface area (TPSA) is 79.0 Å². The van der Waals surface area contributed by atoms with Gasteiger partial charge in [0.05, 0.1) is 0 Å². The summed E-state index contributed by atoms with van der Waals surface area (Å²) in [5.41, 5.74) is 0.734. The maximum atomic E-state index is 12.0. The molecule has 0 aliphatic heterocycles. The zero-order valence-electron chi connectivity index (χ0n) is 11.2. The van der Waals surface area contributed by atoms with Gasteiger partial charge in [0.2, 0.25) is 0 Å². The van der Waals surface area contributed by atoms with Crippen molar-refractivity contribution in [3.63, 3.8) is 0 Å². The number of aromatic nitrogens is 1. The first-order chi connectivity index (χ1) is 9.97. The third kappa shape index (κ3) is 4.03. The second kappa shape index (κ2) is 6.69. The number of hydrogen-bond acceptors (Lipinski definition) is 3. The maximum Gasteiger partial charge on any atom is 0.261 e. The van der Waals surface area contributed by atoms with Crippen LogP contribution in [0.25, 0.3) is 0 Å². The quantitative estimate of drug-likeness (QED) is 0.904. The van der Waals surface area contributed by atoms with E-state index >= 15 is 0 Å². The van der Waals surface area contributed by atoms with E-state index in [0.717, 1.165) is 0 Å². The monoisotopic (exact) mass is 324 g/mol. The van der Waals surface area contributed by atoms with Crippen LogP contribution in [-0.2, 0) is 16.6 Å². The molecule has 1 aromatic carbocycles. The summed E-state index contributed by atoms with van der Waals surface area (Å²) in [5, 5.41) is 3.11. The largest absolute Gasteiger partial charge is 0.328 e. The highest BCUT2D eigenvalue weighted by Gasteiger charge is 2.11. The molecular formula is C14H13ClN2O3S. The van der Waals surface area contributed by atoms with Crippen molar-refractivity contribution in [2.75, 3.05) is 11.6 Å². The third-order valence-corrected chi connectivity index (χ3v) is 3.81. The molecule has 0 fully saturated rings. The van der Waals surface area contributed by atoms with E-state index in [1.54, 1.807) is 30.5 Å². The predicted octanol–water partition coefficient (Wildman–Crippen LogP) is 2.16. The lowest BCUT2D eigenvalue weighted by Gasteiger charge is -2.08. The Hall–Kier alpha value is -1.92. The Bertz CT molecular complexity index is 758. The molecule has 0 spiro atoms. The lowest BCUT2D eigenvalue weighted by molar-refractivity contribution is 0.102. The molecule has 0 bridgehead atoms. The summed E-state index contributed by atoms with van der Waals surface area (Å²) in [5.74, 6) is -0.211. The Balaban J connectivity index is 2.24. The number of anilines is 1. The Labute approximate surface area is 128 Å². The van der Waals surface area contributed by atoms with Gasteiger partial charge in [-0.2, -0.15) is 0 Å². The minimum absolute atomic E-state index is 0.0214. The van der Waals surface area contributed by atoms with Gasteiger partial charge in [-0.3, -0.25) is 13.8 Å². The van der Waals surface area contributed by atoms with Crippen molar-refractivity contribution in [3.05, 3.63) is 63.0 Å². The molecular weight excluding hydrogens is 312 g/mol. The molecule has 5 nitrogen and oxygen atoms in total. The van der Waals surface area contributed by atoms with E-state index in [1.807, 2.05) is 0 Å².